The molecule has 1 aliphatic rings. The molecule has 0 saturated carbocycles. The third-order valence-electron chi connectivity index (χ3n) is 6.40. The molecule has 0 fully saturated rings. The number of unbranched alkanes of at least 4 members (excludes halogenated alkanes) is 6. The first-order chi connectivity index (χ1) is 16.4. The number of carbonyl (C=O) groups is 1. The lowest BCUT2D eigenvalue weighted by Crippen LogP contribution is -2.21. The van der Waals surface area contributed by atoms with Crippen LogP contribution in [0.4, 0.5) is 8.78 Å². The molecule has 2 nitrogen and oxygen atoms in total. The average Bonchev–Trinajstić information content (AvgIpc) is 2.84. The number of allylic oxidation sites excluding steroid dienone is 2. The highest BCUT2D eigenvalue weighted by Crippen LogP contribution is 2.42. The number of carboxylic acid groups (broad SMARTS) is 1. The Hall–Kier alpha value is -2.49. The standard InChI is InChI=1S/C20H20F2.C10H20O2/c1-2-15-14-20(21,22)13-12-19(15)18-10-8-17(9-11-18)16-6-4-3-5-7-16;1-2-3-4-5-6-7-8-9-10(11)12/h3-11H,2,12-14H2,1H3;2-9H2,1H3,(H,11,12). The predicted octanol–water partition coefficient (Wildman–Crippen LogP) is 9.55. The summed E-state index contributed by atoms with van der Waals surface area (Å²) in [5, 5.41) is 8.35. The minimum atomic E-state index is -2.53. The Morgan fingerprint density at radius 3 is 1.97 bits per heavy atom. The van der Waals surface area contributed by atoms with Crippen LogP contribution in [0.1, 0.15) is 96.5 Å². The van der Waals surface area contributed by atoms with Gasteiger partial charge in [-0.1, -0.05) is 113 Å². The van der Waals surface area contributed by atoms with E-state index in [1.54, 1.807) is 0 Å². The number of carboxylic acids is 1. The molecule has 0 saturated heterocycles. The number of benzene rings is 2. The molecule has 186 valence electrons. The summed E-state index contributed by atoms with van der Waals surface area (Å²) in [4.78, 5) is 10.1. The van der Waals surface area contributed by atoms with Crippen LogP contribution in [0.15, 0.2) is 60.2 Å². The molecule has 1 N–H and O–H groups in total. The molecule has 2 aromatic rings. The van der Waals surface area contributed by atoms with Gasteiger partial charge < -0.3 is 5.11 Å². The summed E-state index contributed by atoms with van der Waals surface area (Å²) in [6, 6.07) is 18.5. The van der Waals surface area contributed by atoms with Crippen LogP contribution in [0, 0.1) is 0 Å². The van der Waals surface area contributed by atoms with Crippen molar-refractivity contribution in [3.05, 3.63) is 65.7 Å². The van der Waals surface area contributed by atoms with Crippen molar-refractivity contribution in [3.8, 4) is 11.1 Å². The summed E-state index contributed by atoms with van der Waals surface area (Å²) < 4.78 is 27.2. The van der Waals surface area contributed by atoms with Crippen molar-refractivity contribution in [2.75, 3.05) is 0 Å². The second-order valence-electron chi connectivity index (χ2n) is 9.18. The van der Waals surface area contributed by atoms with Crippen molar-refractivity contribution in [1.29, 1.82) is 0 Å². The van der Waals surface area contributed by atoms with Crippen LogP contribution in [-0.2, 0) is 4.79 Å². The van der Waals surface area contributed by atoms with Crippen LogP contribution in [0.3, 0.4) is 0 Å². The molecule has 4 heteroatoms. The molecule has 0 heterocycles. The molecular weight excluding hydrogens is 430 g/mol. The number of aliphatic carboxylic acids is 1. The minimum absolute atomic E-state index is 0.0354. The van der Waals surface area contributed by atoms with Crippen molar-refractivity contribution in [1.82, 2.24) is 0 Å². The fraction of sp³-hybridized carbons (Fsp3) is 0.500. The zero-order valence-corrected chi connectivity index (χ0v) is 20.8. The van der Waals surface area contributed by atoms with Gasteiger partial charge in [-0.05, 0) is 41.5 Å². The van der Waals surface area contributed by atoms with E-state index in [0.717, 1.165) is 35.1 Å². The van der Waals surface area contributed by atoms with E-state index in [4.69, 9.17) is 5.11 Å². The van der Waals surface area contributed by atoms with Crippen molar-refractivity contribution >= 4 is 11.5 Å². The zero-order valence-electron chi connectivity index (χ0n) is 20.8. The van der Waals surface area contributed by atoms with E-state index in [0.29, 0.717) is 19.3 Å². The SMILES string of the molecule is CCC1=C(c2ccc(-c3ccccc3)cc2)CCC(F)(F)C1.CCCCCCCCCC(=O)O. The first kappa shape index (κ1) is 27.8. The minimum Gasteiger partial charge on any atom is -0.481 e. The molecule has 0 unspecified atom stereocenters. The van der Waals surface area contributed by atoms with Crippen LogP contribution in [0.25, 0.3) is 16.7 Å². The summed E-state index contributed by atoms with van der Waals surface area (Å²) in [5.74, 6) is -3.19. The molecule has 0 radical (unpaired) electrons. The lowest BCUT2D eigenvalue weighted by atomic mass is 9.84. The highest BCUT2D eigenvalue weighted by atomic mass is 19.3. The highest BCUT2D eigenvalue weighted by molar-refractivity contribution is 5.73. The number of rotatable bonds is 11. The van der Waals surface area contributed by atoms with Gasteiger partial charge in [-0.3, -0.25) is 4.79 Å². The van der Waals surface area contributed by atoms with Crippen molar-refractivity contribution in [2.24, 2.45) is 0 Å². The highest BCUT2D eigenvalue weighted by Gasteiger charge is 2.34. The molecule has 3 rings (SSSR count). The molecule has 0 amide bonds. The second kappa shape index (κ2) is 14.7. The molecule has 0 aromatic heterocycles. The second-order valence-corrected chi connectivity index (χ2v) is 9.18. The Morgan fingerprint density at radius 1 is 0.824 bits per heavy atom. The largest absolute Gasteiger partial charge is 0.481 e. The van der Waals surface area contributed by atoms with Gasteiger partial charge in [0.1, 0.15) is 0 Å². The van der Waals surface area contributed by atoms with Gasteiger partial charge in [-0.2, -0.15) is 0 Å². The molecular formula is C30H40F2O2. The van der Waals surface area contributed by atoms with Gasteiger partial charge in [0.05, 0.1) is 0 Å². The molecule has 0 aliphatic heterocycles. The number of hydrogen-bond donors (Lipinski definition) is 1. The summed E-state index contributed by atoms with van der Waals surface area (Å²) in [5.41, 5.74) is 5.45. The normalized spacial score (nSPS) is 14.9. The third kappa shape index (κ3) is 9.79. The summed E-state index contributed by atoms with van der Waals surface area (Å²) >= 11 is 0. The van der Waals surface area contributed by atoms with E-state index >= 15 is 0 Å². The average molecular weight is 471 g/mol. The van der Waals surface area contributed by atoms with Crippen molar-refractivity contribution in [2.45, 2.75) is 96.8 Å². The van der Waals surface area contributed by atoms with Gasteiger partial charge in [0.2, 0.25) is 0 Å². The van der Waals surface area contributed by atoms with Gasteiger partial charge in [0.15, 0.2) is 0 Å². The zero-order chi connectivity index (χ0) is 24.8. The van der Waals surface area contributed by atoms with E-state index in [1.165, 1.54) is 37.7 Å². The Bertz CT molecular complexity index is 886. The van der Waals surface area contributed by atoms with Crippen molar-refractivity contribution < 1.29 is 18.7 Å². The van der Waals surface area contributed by atoms with Crippen LogP contribution in [0.5, 0.6) is 0 Å². The smallest absolute Gasteiger partial charge is 0.303 e. The van der Waals surface area contributed by atoms with Crippen molar-refractivity contribution in [3.63, 3.8) is 0 Å². The Balaban J connectivity index is 0.000000292. The predicted molar refractivity (Wildman–Crippen MR) is 138 cm³/mol. The van der Waals surface area contributed by atoms with Gasteiger partial charge in [-0.25, -0.2) is 8.78 Å². The first-order valence-corrected chi connectivity index (χ1v) is 12.8. The summed E-state index contributed by atoms with van der Waals surface area (Å²) in [6.07, 6.45) is 9.70. The number of hydrogen-bond acceptors (Lipinski definition) is 1. The monoisotopic (exact) mass is 470 g/mol. The maximum atomic E-state index is 13.6. The maximum Gasteiger partial charge on any atom is 0.303 e. The lowest BCUT2D eigenvalue weighted by Gasteiger charge is -2.27. The van der Waals surface area contributed by atoms with E-state index in [2.05, 4.69) is 43.3 Å². The van der Waals surface area contributed by atoms with Gasteiger partial charge in [0, 0.05) is 19.3 Å². The lowest BCUT2D eigenvalue weighted by molar-refractivity contribution is -0.137. The molecule has 0 spiro atoms. The first-order valence-electron chi connectivity index (χ1n) is 12.8. The van der Waals surface area contributed by atoms with E-state index in [9.17, 15) is 13.6 Å². The van der Waals surface area contributed by atoms with Gasteiger partial charge in [-0.15, -0.1) is 0 Å². The summed E-state index contributed by atoms with van der Waals surface area (Å²) in [6.45, 7) is 4.17. The Kier molecular flexibility index (Phi) is 12.0. The fourth-order valence-corrected chi connectivity index (χ4v) is 4.41. The number of alkyl halides is 2. The number of halogens is 2. The topological polar surface area (TPSA) is 37.3 Å². The van der Waals surface area contributed by atoms with Gasteiger partial charge in [0.25, 0.3) is 5.92 Å². The molecule has 1 aliphatic carbocycles. The van der Waals surface area contributed by atoms with Crippen LogP contribution < -0.4 is 0 Å². The third-order valence-corrected chi connectivity index (χ3v) is 6.40. The fourth-order valence-electron chi connectivity index (χ4n) is 4.41. The van der Waals surface area contributed by atoms with Gasteiger partial charge >= 0.3 is 5.97 Å². The van der Waals surface area contributed by atoms with Crippen LogP contribution >= 0.6 is 0 Å². The van der Waals surface area contributed by atoms with Crippen LogP contribution in [-0.4, -0.2) is 17.0 Å². The van der Waals surface area contributed by atoms with E-state index in [-0.39, 0.29) is 12.8 Å². The molecule has 2 aromatic carbocycles. The molecule has 0 bridgehead atoms. The molecule has 0 atom stereocenters. The quantitative estimate of drug-likeness (QED) is 0.332. The Morgan fingerprint density at radius 2 is 1.38 bits per heavy atom. The van der Waals surface area contributed by atoms with Crippen LogP contribution in [0.2, 0.25) is 0 Å². The Labute approximate surface area is 204 Å². The van der Waals surface area contributed by atoms with E-state index in [1.807, 2.05) is 25.1 Å². The van der Waals surface area contributed by atoms with E-state index < -0.39 is 11.9 Å². The molecule has 34 heavy (non-hydrogen) atoms. The maximum absolute atomic E-state index is 13.6. The summed E-state index contributed by atoms with van der Waals surface area (Å²) in [7, 11) is 0.